The van der Waals surface area contributed by atoms with E-state index in [2.05, 4.69) is 4.98 Å². The van der Waals surface area contributed by atoms with Crippen LogP contribution in [-0.4, -0.2) is 27.1 Å². The predicted octanol–water partition coefficient (Wildman–Crippen LogP) is 4.86. The second-order valence-electron chi connectivity index (χ2n) is 8.85. The summed E-state index contributed by atoms with van der Waals surface area (Å²) < 4.78 is 48.0. The van der Waals surface area contributed by atoms with E-state index in [1.54, 1.807) is 31.4 Å². The van der Waals surface area contributed by atoms with Gasteiger partial charge in [0.15, 0.2) is 0 Å². The summed E-state index contributed by atoms with van der Waals surface area (Å²) in [5.74, 6) is 0.644. The normalized spacial score (nSPS) is 18.0. The summed E-state index contributed by atoms with van der Waals surface area (Å²) in [6.45, 7) is 8.01. The zero-order chi connectivity index (χ0) is 23.3. The first-order valence-corrected chi connectivity index (χ1v) is 11.9. The van der Waals surface area contributed by atoms with Crippen molar-refractivity contribution in [2.75, 3.05) is 18.0 Å². The average molecular weight is 455 g/mol. The van der Waals surface area contributed by atoms with Crippen molar-refractivity contribution in [1.82, 2.24) is 4.98 Å². The van der Waals surface area contributed by atoms with Gasteiger partial charge in [-0.05, 0) is 62.1 Å². The first-order chi connectivity index (χ1) is 15.0. The van der Waals surface area contributed by atoms with Crippen molar-refractivity contribution in [1.29, 1.82) is 0 Å². The second-order valence-corrected chi connectivity index (χ2v) is 10.7. The minimum Gasteiger partial charge on any atom is -0.496 e. The van der Waals surface area contributed by atoms with Crippen LogP contribution in [-0.2, 0) is 21.9 Å². The molecule has 1 aliphatic rings. The number of pyridine rings is 1. The summed E-state index contributed by atoms with van der Waals surface area (Å²) in [5.41, 5.74) is 3.97. The van der Waals surface area contributed by atoms with Crippen molar-refractivity contribution in [3.05, 3.63) is 82.3 Å². The number of benzene rings is 2. The molecule has 5 nitrogen and oxygen atoms in total. The molecule has 0 unspecified atom stereocenters. The highest BCUT2D eigenvalue weighted by Gasteiger charge is 2.45. The third-order valence-corrected chi connectivity index (χ3v) is 7.89. The lowest BCUT2D eigenvalue weighted by molar-refractivity contribution is 0.408. The van der Waals surface area contributed by atoms with Crippen LogP contribution in [0.5, 0.6) is 5.75 Å². The Labute approximate surface area is 188 Å². The van der Waals surface area contributed by atoms with Gasteiger partial charge in [-0.15, -0.1) is 0 Å². The minimum absolute atomic E-state index is 0.180. The van der Waals surface area contributed by atoms with Crippen molar-refractivity contribution in [2.45, 2.75) is 44.4 Å². The van der Waals surface area contributed by atoms with Crippen molar-refractivity contribution in [2.24, 2.45) is 0 Å². The summed E-state index contributed by atoms with van der Waals surface area (Å²) >= 11 is 0. The van der Waals surface area contributed by atoms with Crippen LogP contribution >= 0.6 is 0 Å². The van der Waals surface area contributed by atoms with Crippen LogP contribution in [0.3, 0.4) is 0 Å². The van der Waals surface area contributed by atoms with Gasteiger partial charge in [0.05, 0.1) is 18.2 Å². The van der Waals surface area contributed by atoms with E-state index in [1.807, 2.05) is 39.8 Å². The smallest absolute Gasteiger partial charge is 0.265 e. The number of aromatic nitrogens is 1. The SMILES string of the molecule is COc1c(C)cc(C[C@]2(C)CN(S(=O)(=O)c3ccc(C)cc3)c3ncc(F)cc32)cc1C. The molecule has 0 bridgehead atoms. The maximum absolute atomic E-state index is 14.2. The van der Waals surface area contributed by atoms with E-state index in [0.29, 0.717) is 12.0 Å². The highest BCUT2D eigenvalue weighted by molar-refractivity contribution is 7.92. The molecule has 0 fully saturated rings. The molecule has 0 spiro atoms. The largest absolute Gasteiger partial charge is 0.496 e. The Balaban J connectivity index is 1.78. The van der Waals surface area contributed by atoms with E-state index < -0.39 is 21.3 Å². The van der Waals surface area contributed by atoms with Gasteiger partial charge >= 0.3 is 0 Å². The second kappa shape index (κ2) is 7.89. The number of hydrogen-bond donors (Lipinski definition) is 0. The van der Waals surface area contributed by atoms with Gasteiger partial charge in [-0.3, -0.25) is 0 Å². The van der Waals surface area contributed by atoms with Crippen molar-refractivity contribution in [3.63, 3.8) is 0 Å². The van der Waals surface area contributed by atoms with E-state index in [-0.39, 0.29) is 17.3 Å². The fourth-order valence-electron chi connectivity index (χ4n) is 4.65. The lowest BCUT2D eigenvalue weighted by Crippen LogP contribution is -2.36. The van der Waals surface area contributed by atoms with Crippen LogP contribution in [0, 0.1) is 26.6 Å². The fourth-order valence-corrected chi connectivity index (χ4v) is 6.22. The number of fused-ring (bicyclic) bond motifs is 1. The van der Waals surface area contributed by atoms with Crippen LogP contribution in [0.15, 0.2) is 53.6 Å². The van der Waals surface area contributed by atoms with Crippen LogP contribution in [0.2, 0.25) is 0 Å². The van der Waals surface area contributed by atoms with Crippen LogP contribution in [0.1, 0.15) is 34.7 Å². The monoisotopic (exact) mass is 454 g/mol. The Morgan fingerprint density at radius 3 is 2.31 bits per heavy atom. The predicted molar refractivity (Wildman–Crippen MR) is 123 cm³/mol. The maximum atomic E-state index is 14.2. The third-order valence-electron chi connectivity index (χ3n) is 6.14. The zero-order valence-electron chi connectivity index (χ0n) is 18.9. The van der Waals surface area contributed by atoms with Gasteiger partial charge in [-0.2, -0.15) is 0 Å². The molecule has 4 rings (SSSR count). The molecule has 2 aromatic carbocycles. The molecule has 7 heteroatoms. The van der Waals surface area contributed by atoms with E-state index in [4.69, 9.17) is 4.74 Å². The Kier molecular flexibility index (Phi) is 5.49. The molecule has 0 radical (unpaired) electrons. The van der Waals surface area contributed by atoms with Crippen molar-refractivity contribution < 1.29 is 17.5 Å². The van der Waals surface area contributed by atoms with Crippen LogP contribution < -0.4 is 9.04 Å². The molecule has 1 aliphatic heterocycles. The van der Waals surface area contributed by atoms with Gasteiger partial charge in [0, 0.05) is 17.5 Å². The molecule has 32 heavy (non-hydrogen) atoms. The van der Waals surface area contributed by atoms with Crippen molar-refractivity contribution in [3.8, 4) is 5.75 Å². The van der Waals surface area contributed by atoms with Crippen molar-refractivity contribution >= 4 is 15.8 Å². The summed E-state index contributed by atoms with van der Waals surface area (Å²) in [6, 6.07) is 12.2. The van der Waals surface area contributed by atoms with Gasteiger partial charge in [0.2, 0.25) is 0 Å². The average Bonchev–Trinajstić information content (AvgIpc) is 3.01. The molecule has 3 aromatic rings. The number of nitrogens with zero attached hydrogens (tertiary/aromatic N) is 2. The maximum Gasteiger partial charge on any atom is 0.265 e. The van der Waals surface area contributed by atoms with E-state index in [9.17, 15) is 12.8 Å². The topological polar surface area (TPSA) is 59.5 Å². The Hall–Kier alpha value is -2.93. The van der Waals surface area contributed by atoms with Crippen LogP contribution in [0.4, 0.5) is 10.2 Å². The lowest BCUT2D eigenvalue weighted by atomic mass is 9.79. The number of rotatable bonds is 5. The van der Waals surface area contributed by atoms with Gasteiger partial charge in [0.1, 0.15) is 17.4 Å². The standard InChI is InChI=1S/C25H27FN2O3S/c1-16-6-8-21(9-7-16)32(29,30)28-15-25(4,22-12-20(26)14-27-24(22)28)13-19-10-17(2)23(31-5)18(3)11-19/h6-12,14H,13,15H2,1-5H3/t25-/m1/s1. The first kappa shape index (κ1) is 22.3. The highest BCUT2D eigenvalue weighted by atomic mass is 32.2. The Morgan fingerprint density at radius 1 is 1.09 bits per heavy atom. The van der Waals surface area contributed by atoms with E-state index >= 15 is 0 Å². The summed E-state index contributed by atoms with van der Waals surface area (Å²) in [6.07, 6.45) is 1.61. The number of aryl methyl sites for hydroxylation is 3. The molecule has 1 atom stereocenters. The summed E-state index contributed by atoms with van der Waals surface area (Å²) in [7, 11) is -2.20. The first-order valence-electron chi connectivity index (χ1n) is 10.4. The Morgan fingerprint density at radius 2 is 1.72 bits per heavy atom. The minimum atomic E-state index is -3.84. The lowest BCUT2D eigenvalue weighted by Gasteiger charge is -2.26. The van der Waals surface area contributed by atoms with E-state index in [1.165, 1.54) is 10.4 Å². The van der Waals surface area contributed by atoms with E-state index in [0.717, 1.165) is 34.2 Å². The molecule has 0 N–H and O–H groups in total. The van der Waals surface area contributed by atoms with Gasteiger partial charge < -0.3 is 4.74 Å². The van der Waals surface area contributed by atoms with Gasteiger partial charge in [-0.25, -0.2) is 22.1 Å². The number of anilines is 1. The molecule has 1 aromatic heterocycles. The molecular formula is C25H27FN2O3S. The number of methoxy groups -OCH3 is 1. The molecular weight excluding hydrogens is 427 g/mol. The van der Waals surface area contributed by atoms with Crippen LogP contribution in [0.25, 0.3) is 0 Å². The number of ether oxygens (including phenoxy) is 1. The third kappa shape index (κ3) is 3.75. The number of hydrogen-bond acceptors (Lipinski definition) is 4. The fraction of sp³-hybridized carbons (Fsp3) is 0.320. The molecule has 0 saturated carbocycles. The Bertz CT molecular complexity index is 1270. The number of sulfonamides is 1. The summed E-state index contributed by atoms with van der Waals surface area (Å²) in [4.78, 5) is 4.40. The van der Waals surface area contributed by atoms with Gasteiger partial charge in [-0.1, -0.05) is 36.8 Å². The quantitative estimate of drug-likeness (QED) is 0.552. The van der Waals surface area contributed by atoms with Gasteiger partial charge in [0.25, 0.3) is 10.0 Å². The molecule has 0 saturated heterocycles. The molecule has 2 heterocycles. The number of halogens is 1. The molecule has 0 amide bonds. The highest BCUT2D eigenvalue weighted by Crippen LogP contribution is 2.44. The molecule has 0 aliphatic carbocycles. The summed E-state index contributed by atoms with van der Waals surface area (Å²) in [5, 5.41) is 0. The molecule has 168 valence electrons. The zero-order valence-corrected chi connectivity index (χ0v) is 19.8.